The summed E-state index contributed by atoms with van der Waals surface area (Å²) in [6.07, 6.45) is 3.22. The zero-order valence-corrected chi connectivity index (χ0v) is 11.8. The molecule has 7 heteroatoms. The molecule has 0 radical (unpaired) electrons. The monoisotopic (exact) mass is 309 g/mol. The van der Waals surface area contributed by atoms with Gasteiger partial charge < -0.3 is 11.1 Å². The number of amides is 1. The molecule has 0 atom stereocenters. The van der Waals surface area contributed by atoms with Crippen LogP contribution in [0.1, 0.15) is 23.3 Å². The van der Waals surface area contributed by atoms with Crippen LogP contribution in [0, 0.1) is 11.6 Å². The van der Waals surface area contributed by atoms with Crippen molar-refractivity contribution in [3.8, 4) is 0 Å². The van der Waals surface area contributed by atoms with Crippen LogP contribution in [0.2, 0.25) is 0 Å². The third-order valence-electron chi connectivity index (χ3n) is 3.39. The van der Waals surface area contributed by atoms with E-state index in [2.05, 4.69) is 10.3 Å². The number of benzene rings is 1. The second kappa shape index (κ2) is 5.16. The van der Waals surface area contributed by atoms with Crippen molar-refractivity contribution in [3.63, 3.8) is 0 Å². The lowest BCUT2D eigenvalue weighted by atomic mass is 10.1. The summed E-state index contributed by atoms with van der Waals surface area (Å²) in [6, 6.07) is 3.47. The lowest BCUT2D eigenvalue weighted by Gasteiger charge is -2.06. The highest BCUT2D eigenvalue weighted by Gasteiger charge is 2.46. The van der Waals surface area contributed by atoms with Crippen molar-refractivity contribution in [2.75, 3.05) is 5.32 Å². The van der Waals surface area contributed by atoms with Crippen LogP contribution in [0.5, 0.6) is 0 Å². The molecule has 1 amide bonds. The molecule has 2 aromatic rings. The van der Waals surface area contributed by atoms with Crippen molar-refractivity contribution in [3.05, 3.63) is 46.5 Å². The number of carbonyl (C=O) groups is 1. The smallest absolute Gasteiger partial charge is 0.246 e. The minimum Gasteiger partial charge on any atom is -0.317 e. The van der Waals surface area contributed by atoms with Crippen molar-refractivity contribution in [2.45, 2.75) is 24.8 Å². The average Bonchev–Trinajstić information content (AvgIpc) is 3.03. The molecule has 1 heterocycles. The Hall–Kier alpha value is -1.86. The maximum Gasteiger partial charge on any atom is 0.246 e. The summed E-state index contributed by atoms with van der Waals surface area (Å²) >= 11 is 1.25. The summed E-state index contributed by atoms with van der Waals surface area (Å²) in [5.74, 6) is -1.43. The highest BCUT2D eigenvalue weighted by molar-refractivity contribution is 7.15. The molecule has 0 aliphatic heterocycles. The number of anilines is 1. The molecular weight excluding hydrogens is 296 g/mol. The summed E-state index contributed by atoms with van der Waals surface area (Å²) in [6.45, 7) is 0. The van der Waals surface area contributed by atoms with Crippen LogP contribution in [-0.2, 0) is 11.2 Å². The molecule has 4 nitrogen and oxygen atoms in total. The van der Waals surface area contributed by atoms with E-state index < -0.39 is 17.2 Å². The van der Waals surface area contributed by atoms with Gasteiger partial charge in [-0.05, 0) is 24.5 Å². The molecule has 1 aliphatic rings. The third-order valence-corrected chi connectivity index (χ3v) is 4.31. The van der Waals surface area contributed by atoms with E-state index in [1.54, 1.807) is 6.20 Å². The van der Waals surface area contributed by atoms with Crippen LogP contribution >= 0.6 is 11.3 Å². The Balaban J connectivity index is 1.68. The van der Waals surface area contributed by atoms with Gasteiger partial charge in [0.05, 0.1) is 5.54 Å². The summed E-state index contributed by atoms with van der Waals surface area (Å²) < 4.78 is 26.4. The molecular formula is C14H13F2N3OS. The number of hydrogen-bond donors (Lipinski definition) is 2. The van der Waals surface area contributed by atoms with Crippen LogP contribution in [0.3, 0.4) is 0 Å². The molecule has 1 fully saturated rings. The minimum absolute atomic E-state index is 0.239. The van der Waals surface area contributed by atoms with Crippen LogP contribution in [-0.4, -0.2) is 16.4 Å². The van der Waals surface area contributed by atoms with Crippen LogP contribution in [0.15, 0.2) is 24.4 Å². The van der Waals surface area contributed by atoms with Gasteiger partial charge in [0.25, 0.3) is 0 Å². The Morgan fingerprint density at radius 3 is 2.86 bits per heavy atom. The van der Waals surface area contributed by atoms with Crippen molar-refractivity contribution in [1.82, 2.24) is 4.98 Å². The van der Waals surface area contributed by atoms with Crippen molar-refractivity contribution in [2.24, 2.45) is 5.73 Å². The molecule has 1 saturated carbocycles. The molecule has 0 saturated heterocycles. The molecule has 21 heavy (non-hydrogen) atoms. The number of nitrogens with two attached hydrogens (primary N) is 1. The fourth-order valence-electron chi connectivity index (χ4n) is 1.88. The van der Waals surface area contributed by atoms with Gasteiger partial charge in [-0.15, -0.1) is 11.3 Å². The molecule has 0 bridgehead atoms. The quantitative estimate of drug-likeness (QED) is 0.911. The number of nitrogens with zero attached hydrogens (tertiary/aromatic N) is 1. The lowest BCUT2D eigenvalue weighted by molar-refractivity contribution is -0.118. The number of carbonyl (C=O) groups excluding carboxylic acids is 1. The minimum atomic E-state index is -0.755. The lowest BCUT2D eigenvalue weighted by Crippen LogP contribution is -2.37. The van der Waals surface area contributed by atoms with Crippen LogP contribution < -0.4 is 11.1 Å². The summed E-state index contributed by atoms with van der Waals surface area (Å²) in [4.78, 5) is 16.6. The summed E-state index contributed by atoms with van der Waals surface area (Å²) in [5.41, 5.74) is 5.41. The predicted molar refractivity (Wildman–Crippen MR) is 76.1 cm³/mol. The van der Waals surface area contributed by atoms with E-state index in [0.29, 0.717) is 30.0 Å². The fourth-order valence-corrected chi connectivity index (χ4v) is 2.71. The third kappa shape index (κ3) is 3.08. The number of nitrogens with one attached hydrogen (secondary N) is 1. The number of hydrogen-bond acceptors (Lipinski definition) is 4. The summed E-state index contributed by atoms with van der Waals surface area (Å²) in [7, 11) is 0. The maximum atomic E-state index is 13.6. The van der Waals surface area contributed by atoms with Gasteiger partial charge in [-0.2, -0.15) is 0 Å². The molecule has 0 unspecified atom stereocenters. The van der Waals surface area contributed by atoms with Gasteiger partial charge in [-0.25, -0.2) is 13.8 Å². The Morgan fingerprint density at radius 1 is 1.43 bits per heavy atom. The number of thiazole rings is 1. The highest BCUT2D eigenvalue weighted by Crippen LogP contribution is 2.34. The maximum absolute atomic E-state index is 13.6. The largest absolute Gasteiger partial charge is 0.317 e. The van der Waals surface area contributed by atoms with E-state index in [-0.39, 0.29) is 5.91 Å². The molecule has 0 spiro atoms. The van der Waals surface area contributed by atoms with Crippen molar-refractivity contribution in [1.29, 1.82) is 0 Å². The zero-order valence-electron chi connectivity index (χ0n) is 11.0. The normalized spacial score (nSPS) is 15.8. The Bertz CT molecular complexity index is 697. The number of rotatable bonds is 4. The van der Waals surface area contributed by atoms with E-state index in [1.807, 2.05) is 0 Å². The van der Waals surface area contributed by atoms with E-state index in [4.69, 9.17) is 5.73 Å². The van der Waals surface area contributed by atoms with Gasteiger partial charge in [0, 0.05) is 23.6 Å². The van der Waals surface area contributed by atoms with Gasteiger partial charge in [0.15, 0.2) is 5.13 Å². The molecule has 3 rings (SSSR count). The van der Waals surface area contributed by atoms with Gasteiger partial charge in [-0.3, -0.25) is 4.79 Å². The first-order valence-corrected chi connectivity index (χ1v) is 7.27. The van der Waals surface area contributed by atoms with Crippen LogP contribution in [0.25, 0.3) is 0 Å². The second-order valence-corrected chi connectivity index (χ2v) is 6.27. The van der Waals surface area contributed by atoms with E-state index in [9.17, 15) is 13.6 Å². The van der Waals surface area contributed by atoms with Gasteiger partial charge in [0.2, 0.25) is 5.91 Å². The Kier molecular flexibility index (Phi) is 3.46. The Morgan fingerprint density at radius 2 is 2.19 bits per heavy atom. The van der Waals surface area contributed by atoms with E-state index in [0.717, 1.165) is 10.9 Å². The number of halogens is 2. The van der Waals surface area contributed by atoms with Crippen molar-refractivity contribution >= 4 is 22.4 Å². The topological polar surface area (TPSA) is 68.0 Å². The first-order valence-electron chi connectivity index (χ1n) is 6.45. The molecule has 1 aromatic heterocycles. The second-order valence-electron chi connectivity index (χ2n) is 5.15. The first kappa shape index (κ1) is 14.1. The van der Waals surface area contributed by atoms with E-state index >= 15 is 0 Å². The standard InChI is InChI=1S/C14H13F2N3OS/c15-9-2-1-8(11(16)6-9)5-10-7-18-13(21-10)19-12(20)14(17)3-4-14/h1-2,6-7H,3-5,17H2,(H,18,19,20). The molecule has 3 N–H and O–H groups in total. The fraction of sp³-hybridized carbons (Fsp3) is 0.286. The average molecular weight is 309 g/mol. The van der Waals surface area contributed by atoms with Gasteiger partial charge >= 0.3 is 0 Å². The Labute approximate surface area is 124 Å². The highest BCUT2D eigenvalue weighted by atomic mass is 32.1. The van der Waals surface area contributed by atoms with Gasteiger partial charge in [-0.1, -0.05) is 6.07 Å². The molecule has 110 valence electrons. The number of aromatic nitrogens is 1. The SMILES string of the molecule is NC1(C(=O)Nc2ncc(Cc3ccc(F)cc3F)s2)CC1. The first-order chi connectivity index (χ1) is 9.96. The zero-order chi connectivity index (χ0) is 15.0. The molecule has 1 aliphatic carbocycles. The van der Waals surface area contributed by atoms with Crippen molar-refractivity contribution < 1.29 is 13.6 Å². The van der Waals surface area contributed by atoms with Crippen LogP contribution in [0.4, 0.5) is 13.9 Å². The molecule has 1 aromatic carbocycles. The predicted octanol–water partition coefficient (Wildman–Crippen LogP) is 2.44. The summed E-state index contributed by atoms with van der Waals surface area (Å²) in [5, 5.41) is 3.10. The van der Waals surface area contributed by atoms with Gasteiger partial charge in [0.1, 0.15) is 11.6 Å². The van der Waals surface area contributed by atoms with E-state index in [1.165, 1.54) is 23.5 Å².